The van der Waals surface area contributed by atoms with Gasteiger partial charge in [0.2, 0.25) is 0 Å². The minimum Gasteiger partial charge on any atom is -0.202 e. The van der Waals surface area contributed by atoms with Crippen molar-refractivity contribution in [1.82, 2.24) is 0 Å². The predicted molar refractivity (Wildman–Crippen MR) is 57.7 cm³/mol. The Morgan fingerprint density at radius 2 is 1.93 bits per heavy atom. The first-order chi connectivity index (χ1) is 6.62. The Hall–Kier alpha value is -0.660. The molecule has 0 aromatic carbocycles. The van der Waals surface area contributed by atoms with Crippen molar-refractivity contribution in [1.29, 1.82) is 0 Å². The van der Waals surface area contributed by atoms with E-state index in [1.54, 1.807) is 6.08 Å². The highest BCUT2D eigenvalue weighted by Crippen LogP contribution is 2.20. The van der Waals surface area contributed by atoms with E-state index in [0.29, 0.717) is 0 Å². The lowest BCUT2D eigenvalue weighted by molar-refractivity contribution is 0.0586. The van der Waals surface area contributed by atoms with Crippen LogP contribution in [-0.4, -0.2) is 5.92 Å². The first kappa shape index (κ1) is 13.3. The quantitative estimate of drug-likeness (QED) is 0.394. The van der Waals surface area contributed by atoms with E-state index in [2.05, 4.69) is 13.5 Å². The van der Waals surface area contributed by atoms with Gasteiger partial charge in [-0.3, -0.25) is 0 Å². The van der Waals surface area contributed by atoms with Crippen molar-refractivity contribution < 1.29 is 8.78 Å². The first-order valence-electron chi connectivity index (χ1n) is 5.29. The highest BCUT2D eigenvalue weighted by atomic mass is 19.3. The molecule has 2 heteroatoms. The Kier molecular flexibility index (Phi) is 7.35. The van der Waals surface area contributed by atoms with Crippen molar-refractivity contribution in [3.63, 3.8) is 0 Å². The Labute approximate surface area is 85.7 Å². The molecule has 0 spiro atoms. The summed E-state index contributed by atoms with van der Waals surface area (Å²) in [5.74, 6) is -2.70. The van der Waals surface area contributed by atoms with E-state index >= 15 is 0 Å². The van der Waals surface area contributed by atoms with E-state index in [9.17, 15) is 8.78 Å². The largest absolute Gasteiger partial charge is 0.269 e. The Morgan fingerprint density at radius 3 is 2.50 bits per heavy atom. The summed E-state index contributed by atoms with van der Waals surface area (Å²) in [4.78, 5) is 0. The molecule has 0 saturated heterocycles. The lowest BCUT2D eigenvalue weighted by Gasteiger charge is -2.07. The van der Waals surface area contributed by atoms with Crippen LogP contribution in [0.25, 0.3) is 0 Å². The summed E-state index contributed by atoms with van der Waals surface area (Å²) in [6, 6.07) is 0. The van der Waals surface area contributed by atoms with Gasteiger partial charge in [0.1, 0.15) is 0 Å². The summed E-state index contributed by atoms with van der Waals surface area (Å²) in [7, 11) is 0. The second kappa shape index (κ2) is 7.72. The molecular formula is C12H20F2. The zero-order valence-corrected chi connectivity index (χ0v) is 8.94. The van der Waals surface area contributed by atoms with Crippen LogP contribution in [-0.2, 0) is 0 Å². The number of hydrogen-bond acceptors (Lipinski definition) is 0. The normalized spacial score (nSPS) is 12.2. The monoisotopic (exact) mass is 202 g/mol. The maximum atomic E-state index is 12.8. The molecule has 0 N–H and O–H groups in total. The fourth-order valence-electron chi connectivity index (χ4n) is 1.21. The fraction of sp³-hybridized carbons (Fsp3) is 0.667. The van der Waals surface area contributed by atoms with E-state index in [-0.39, 0.29) is 6.42 Å². The SMILES string of the molecule is C=CCC(F)(F)/C=C/CCCCCC. The van der Waals surface area contributed by atoms with Crippen LogP contribution in [0.15, 0.2) is 24.8 Å². The molecule has 0 aromatic rings. The molecule has 0 radical (unpaired) electrons. The molecular weight excluding hydrogens is 182 g/mol. The maximum absolute atomic E-state index is 12.8. The zero-order chi connectivity index (χ0) is 10.9. The molecule has 0 saturated carbocycles. The van der Waals surface area contributed by atoms with E-state index < -0.39 is 5.92 Å². The van der Waals surface area contributed by atoms with Crippen molar-refractivity contribution in [3.05, 3.63) is 24.8 Å². The summed E-state index contributed by atoms with van der Waals surface area (Å²) in [5, 5.41) is 0. The average molecular weight is 202 g/mol. The highest BCUT2D eigenvalue weighted by Gasteiger charge is 2.21. The number of halogens is 2. The Bertz CT molecular complexity index is 171. The van der Waals surface area contributed by atoms with Crippen LogP contribution >= 0.6 is 0 Å². The van der Waals surface area contributed by atoms with Crippen LogP contribution in [0.4, 0.5) is 8.78 Å². The van der Waals surface area contributed by atoms with Gasteiger partial charge in [-0.1, -0.05) is 38.3 Å². The summed E-state index contributed by atoms with van der Waals surface area (Å²) in [6.45, 7) is 5.43. The third kappa shape index (κ3) is 7.96. The smallest absolute Gasteiger partial charge is 0.202 e. The van der Waals surface area contributed by atoms with Gasteiger partial charge < -0.3 is 0 Å². The van der Waals surface area contributed by atoms with Gasteiger partial charge in [-0.05, 0) is 18.9 Å². The number of hydrogen-bond donors (Lipinski definition) is 0. The van der Waals surface area contributed by atoms with Crippen molar-refractivity contribution >= 4 is 0 Å². The highest BCUT2D eigenvalue weighted by molar-refractivity contribution is 4.97. The summed E-state index contributed by atoms with van der Waals surface area (Å²) >= 11 is 0. The molecule has 0 unspecified atom stereocenters. The van der Waals surface area contributed by atoms with Crippen LogP contribution in [0.2, 0.25) is 0 Å². The third-order valence-electron chi connectivity index (χ3n) is 2.00. The van der Waals surface area contributed by atoms with Gasteiger partial charge in [-0.2, -0.15) is 0 Å². The summed E-state index contributed by atoms with van der Waals surface area (Å²) in [6.07, 6.45) is 8.84. The first-order valence-corrected chi connectivity index (χ1v) is 5.29. The van der Waals surface area contributed by atoms with E-state index in [0.717, 1.165) is 25.3 Å². The molecule has 0 aliphatic heterocycles. The lowest BCUT2D eigenvalue weighted by Crippen LogP contribution is -2.09. The second-order valence-corrected chi connectivity index (χ2v) is 3.51. The molecule has 0 amide bonds. The van der Waals surface area contributed by atoms with Gasteiger partial charge in [0, 0.05) is 6.42 Å². The number of rotatable bonds is 8. The maximum Gasteiger partial charge on any atom is 0.269 e. The number of allylic oxidation sites excluding steroid dienone is 3. The van der Waals surface area contributed by atoms with Crippen LogP contribution in [0.3, 0.4) is 0 Å². The van der Waals surface area contributed by atoms with Gasteiger partial charge in [0.15, 0.2) is 0 Å². The molecule has 0 aliphatic carbocycles. The van der Waals surface area contributed by atoms with E-state index in [1.165, 1.54) is 18.9 Å². The van der Waals surface area contributed by atoms with Gasteiger partial charge in [0.25, 0.3) is 5.92 Å². The molecule has 0 rings (SSSR count). The molecule has 0 fully saturated rings. The van der Waals surface area contributed by atoms with Gasteiger partial charge in [0.05, 0.1) is 0 Å². The minimum atomic E-state index is -2.70. The molecule has 0 nitrogen and oxygen atoms in total. The van der Waals surface area contributed by atoms with Crippen LogP contribution < -0.4 is 0 Å². The molecule has 82 valence electrons. The predicted octanol–water partition coefficient (Wildman–Crippen LogP) is 4.72. The molecule has 0 aliphatic rings. The van der Waals surface area contributed by atoms with Gasteiger partial charge in [-0.15, -0.1) is 6.58 Å². The van der Waals surface area contributed by atoms with Crippen LogP contribution in [0.5, 0.6) is 0 Å². The zero-order valence-electron chi connectivity index (χ0n) is 8.94. The fourth-order valence-corrected chi connectivity index (χ4v) is 1.21. The van der Waals surface area contributed by atoms with Crippen LogP contribution in [0, 0.1) is 0 Å². The Balaban J connectivity index is 3.55. The minimum absolute atomic E-state index is 0.265. The van der Waals surface area contributed by atoms with Crippen LogP contribution in [0.1, 0.15) is 45.4 Å². The van der Waals surface area contributed by atoms with E-state index in [4.69, 9.17) is 0 Å². The molecule has 0 bridgehead atoms. The number of unbranched alkanes of at least 4 members (excludes halogenated alkanes) is 4. The summed E-state index contributed by atoms with van der Waals surface area (Å²) < 4.78 is 25.7. The van der Waals surface area contributed by atoms with Crippen molar-refractivity contribution in [2.75, 3.05) is 0 Å². The second-order valence-electron chi connectivity index (χ2n) is 3.51. The number of alkyl halides is 2. The van der Waals surface area contributed by atoms with Crippen molar-refractivity contribution in [3.8, 4) is 0 Å². The van der Waals surface area contributed by atoms with E-state index in [1.807, 2.05) is 0 Å². The lowest BCUT2D eigenvalue weighted by atomic mass is 10.1. The van der Waals surface area contributed by atoms with Crippen molar-refractivity contribution in [2.45, 2.75) is 51.4 Å². The van der Waals surface area contributed by atoms with Crippen molar-refractivity contribution in [2.24, 2.45) is 0 Å². The molecule has 14 heavy (non-hydrogen) atoms. The standard InChI is InChI=1S/C12H20F2/c1-3-5-6-7-8-9-11-12(13,14)10-4-2/h4,9,11H,2-3,5-8,10H2,1H3/b11-9+. The molecule has 0 aromatic heterocycles. The topological polar surface area (TPSA) is 0 Å². The summed E-state index contributed by atoms with van der Waals surface area (Å²) in [5.41, 5.74) is 0. The van der Waals surface area contributed by atoms with Gasteiger partial charge in [-0.25, -0.2) is 8.78 Å². The average Bonchev–Trinajstić information content (AvgIpc) is 2.11. The Morgan fingerprint density at radius 1 is 1.21 bits per heavy atom. The molecule has 0 atom stereocenters. The molecule has 0 heterocycles. The van der Waals surface area contributed by atoms with Gasteiger partial charge >= 0.3 is 0 Å². The third-order valence-corrected chi connectivity index (χ3v) is 2.00.